The molecule has 0 unspecified atom stereocenters. The molecule has 1 heterocycles. The summed E-state index contributed by atoms with van der Waals surface area (Å²) in [6.45, 7) is -0.155. The summed E-state index contributed by atoms with van der Waals surface area (Å²) in [5.41, 5.74) is 4.74. The molecule has 0 atom stereocenters. The largest absolute Gasteiger partial charge is 0.451 e. The van der Waals surface area contributed by atoms with Crippen LogP contribution in [0.4, 0.5) is 24.8 Å². The van der Waals surface area contributed by atoms with E-state index in [2.05, 4.69) is 15.3 Å². The minimum absolute atomic E-state index is 0.0106. The molecule has 1 saturated carbocycles. The predicted octanol–water partition coefficient (Wildman–Crippen LogP) is 1.40. The van der Waals surface area contributed by atoms with E-state index in [9.17, 15) is 18.3 Å². The molecule has 0 amide bonds. The number of anilines is 2. The maximum atomic E-state index is 12.5. The van der Waals surface area contributed by atoms with Gasteiger partial charge in [-0.25, -0.2) is 9.97 Å². The van der Waals surface area contributed by atoms with Crippen molar-refractivity contribution >= 4 is 11.6 Å². The number of nitrogens with zero attached hydrogens (tertiary/aromatic N) is 2. The van der Waals surface area contributed by atoms with Gasteiger partial charge in [-0.1, -0.05) is 0 Å². The Hall–Kier alpha value is -1.57. The van der Waals surface area contributed by atoms with Gasteiger partial charge in [0.2, 0.25) is 5.82 Å². The van der Waals surface area contributed by atoms with Crippen LogP contribution in [0.25, 0.3) is 0 Å². The number of halogens is 3. The van der Waals surface area contributed by atoms with Gasteiger partial charge in [0.1, 0.15) is 11.6 Å². The van der Waals surface area contributed by atoms with Crippen LogP contribution in [-0.2, 0) is 6.18 Å². The minimum Gasteiger partial charge on any atom is -0.394 e. The highest BCUT2D eigenvalue weighted by atomic mass is 19.4. The smallest absolute Gasteiger partial charge is 0.394 e. The first kappa shape index (κ1) is 12.9. The molecule has 0 spiro atoms. The van der Waals surface area contributed by atoms with Crippen LogP contribution < -0.4 is 11.1 Å². The molecule has 0 aliphatic heterocycles. The van der Waals surface area contributed by atoms with Crippen LogP contribution in [0.1, 0.15) is 25.1 Å². The van der Waals surface area contributed by atoms with Crippen molar-refractivity contribution in [3.8, 4) is 0 Å². The predicted molar refractivity (Wildman–Crippen MR) is 58.7 cm³/mol. The molecule has 1 aromatic rings. The zero-order valence-corrected chi connectivity index (χ0v) is 9.46. The number of aromatic nitrogens is 2. The van der Waals surface area contributed by atoms with Gasteiger partial charge < -0.3 is 16.2 Å². The molecule has 0 bridgehead atoms. The summed E-state index contributed by atoms with van der Waals surface area (Å²) in [6, 6.07) is 1.23. The molecule has 4 N–H and O–H groups in total. The highest BCUT2D eigenvalue weighted by Gasteiger charge is 2.38. The molecular weight excluding hydrogens is 249 g/mol. The molecule has 0 aromatic carbocycles. The maximum absolute atomic E-state index is 12.5. The molecule has 1 aromatic heterocycles. The highest BCUT2D eigenvalue weighted by Crippen LogP contribution is 2.35. The number of aliphatic hydroxyl groups excluding tert-OH is 1. The van der Waals surface area contributed by atoms with Crippen molar-refractivity contribution in [2.24, 2.45) is 0 Å². The molecule has 0 radical (unpaired) electrons. The lowest BCUT2D eigenvalue weighted by Gasteiger charge is -2.41. The number of nitrogens with one attached hydrogen (secondary N) is 1. The summed E-state index contributed by atoms with van der Waals surface area (Å²) in [6.07, 6.45) is -2.35. The summed E-state index contributed by atoms with van der Waals surface area (Å²) in [5, 5.41) is 12.1. The number of alkyl halides is 3. The van der Waals surface area contributed by atoms with Crippen molar-refractivity contribution in [1.82, 2.24) is 9.97 Å². The van der Waals surface area contributed by atoms with Gasteiger partial charge in [0.25, 0.3) is 0 Å². The van der Waals surface area contributed by atoms with Crippen molar-refractivity contribution in [3.63, 3.8) is 0 Å². The second-order valence-electron chi connectivity index (χ2n) is 4.42. The van der Waals surface area contributed by atoms with Gasteiger partial charge in [0, 0.05) is 6.07 Å². The van der Waals surface area contributed by atoms with Crippen LogP contribution in [0.15, 0.2) is 6.07 Å². The van der Waals surface area contributed by atoms with E-state index < -0.39 is 17.5 Å². The molecule has 100 valence electrons. The SMILES string of the molecule is Nc1cc(NC2(CO)CCC2)nc(C(F)(F)F)n1. The second-order valence-corrected chi connectivity index (χ2v) is 4.42. The van der Waals surface area contributed by atoms with Gasteiger partial charge in [-0.2, -0.15) is 13.2 Å². The third kappa shape index (κ3) is 2.47. The van der Waals surface area contributed by atoms with E-state index in [0.29, 0.717) is 12.8 Å². The van der Waals surface area contributed by atoms with Gasteiger partial charge in [-0.3, -0.25) is 0 Å². The summed E-state index contributed by atoms with van der Waals surface area (Å²) < 4.78 is 37.5. The molecule has 1 aliphatic rings. The van der Waals surface area contributed by atoms with E-state index in [4.69, 9.17) is 5.73 Å². The fourth-order valence-electron chi connectivity index (χ4n) is 1.85. The second kappa shape index (κ2) is 4.27. The van der Waals surface area contributed by atoms with Gasteiger partial charge in [0.05, 0.1) is 12.1 Å². The Labute approximate surface area is 101 Å². The van der Waals surface area contributed by atoms with E-state index in [-0.39, 0.29) is 18.2 Å². The summed E-state index contributed by atoms with van der Waals surface area (Å²) in [7, 11) is 0. The molecule has 8 heteroatoms. The number of nitrogen functional groups attached to an aromatic ring is 1. The van der Waals surface area contributed by atoms with Gasteiger partial charge >= 0.3 is 6.18 Å². The minimum atomic E-state index is -4.64. The molecule has 1 aliphatic carbocycles. The monoisotopic (exact) mass is 262 g/mol. The van der Waals surface area contributed by atoms with Crippen molar-refractivity contribution in [3.05, 3.63) is 11.9 Å². The van der Waals surface area contributed by atoms with Gasteiger partial charge in [-0.05, 0) is 19.3 Å². The van der Waals surface area contributed by atoms with Crippen molar-refractivity contribution in [2.75, 3.05) is 17.7 Å². The number of hydrogen-bond donors (Lipinski definition) is 3. The lowest BCUT2D eigenvalue weighted by atomic mass is 9.77. The van der Waals surface area contributed by atoms with Crippen molar-refractivity contribution < 1.29 is 18.3 Å². The van der Waals surface area contributed by atoms with Crippen molar-refractivity contribution in [2.45, 2.75) is 31.0 Å². The lowest BCUT2D eigenvalue weighted by molar-refractivity contribution is -0.144. The van der Waals surface area contributed by atoms with Crippen LogP contribution in [0.2, 0.25) is 0 Å². The highest BCUT2D eigenvalue weighted by molar-refractivity contribution is 5.47. The summed E-state index contributed by atoms with van der Waals surface area (Å²) in [4.78, 5) is 6.53. The Morgan fingerprint density at radius 1 is 1.39 bits per heavy atom. The number of hydrogen-bond acceptors (Lipinski definition) is 5. The number of rotatable bonds is 3. The first-order valence-corrected chi connectivity index (χ1v) is 5.45. The molecule has 1 fully saturated rings. The van der Waals surface area contributed by atoms with Crippen LogP contribution in [0, 0.1) is 0 Å². The fourth-order valence-corrected chi connectivity index (χ4v) is 1.85. The molecule has 2 rings (SSSR count). The Morgan fingerprint density at radius 2 is 2.06 bits per heavy atom. The Morgan fingerprint density at radius 3 is 2.50 bits per heavy atom. The first-order valence-electron chi connectivity index (χ1n) is 5.45. The average molecular weight is 262 g/mol. The normalized spacial score (nSPS) is 18.2. The third-order valence-electron chi connectivity index (χ3n) is 3.01. The molecule has 5 nitrogen and oxygen atoms in total. The van der Waals surface area contributed by atoms with Crippen molar-refractivity contribution in [1.29, 1.82) is 0 Å². The Kier molecular flexibility index (Phi) is 3.05. The number of nitrogens with two attached hydrogens (primary N) is 1. The van der Waals surface area contributed by atoms with E-state index in [1.54, 1.807) is 0 Å². The van der Waals surface area contributed by atoms with E-state index in [0.717, 1.165) is 6.42 Å². The average Bonchev–Trinajstić information content (AvgIpc) is 2.21. The lowest BCUT2D eigenvalue weighted by Crippen LogP contribution is -2.48. The first-order chi connectivity index (χ1) is 8.35. The molecular formula is C10H13F3N4O. The summed E-state index contributed by atoms with van der Waals surface area (Å²) >= 11 is 0. The standard InChI is InChI=1S/C10H13F3N4O/c11-10(12,13)8-15-6(14)4-7(16-8)17-9(5-18)2-1-3-9/h4,18H,1-3,5H2,(H3,14,15,16,17). The molecule has 18 heavy (non-hydrogen) atoms. The van der Waals surface area contributed by atoms with Gasteiger partial charge in [0.15, 0.2) is 0 Å². The number of aliphatic hydroxyl groups is 1. The zero-order valence-electron chi connectivity index (χ0n) is 9.46. The summed E-state index contributed by atoms with van der Waals surface area (Å²) in [5.74, 6) is -1.55. The zero-order chi connectivity index (χ0) is 13.4. The van der Waals surface area contributed by atoms with E-state index in [1.165, 1.54) is 6.07 Å². The van der Waals surface area contributed by atoms with E-state index >= 15 is 0 Å². The topological polar surface area (TPSA) is 84.1 Å². The van der Waals surface area contributed by atoms with Crippen LogP contribution in [0.3, 0.4) is 0 Å². The maximum Gasteiger partial charge on any atom is 0.451 e. The van der Waals surface area contributed by atoms with Crippen LogP contribution in [-0.4, -0.2) is 27.2 Å². The fraction of sp³-hybridized carbons (Fsp3) is 0.600. The third-order valence-corrected chi connectivity index (χ3v) is 3.01. The Balaban J connectivity index is 2.26. The van der Waals surface area contributed by atoms with Gasteiger partial charge in [-0.15, -0.1) is 0 Å². The Bertz CT molecular complexity index is 440. The van der Waals surface area contributed by atoms with Crippen LogP contribution in [0.5, 0.6) is 0 Å². The molecule has 0 saturated heterocycles. The van der Waals surface area contributed by atoms with E-state index in [1.807, 2.05) is 0 Å². The quantitative estimate of drug-likeness (QED) is 0.767. The van der Waals surface area contributed by atoms with Crippen LogP contribution >= 0.6 is 0 Å².